The molecule has 1 fully saturated rings. The second-order valence-electron chi connectivity index (χ2n) is 7.62. The highest BCUT2D eigenvalue weighted by molar-refractivity contribution is 5.95. The number of carbonyl (C=O) groups is 1. The molecule has 0 spiro atoms. The molecule has 158 valence electrons. The summed E-state index contributed by atoms with van der Waals surface area (Å²) in [5.41, 5.74) is 2.01. The summed E-state index contributed by atoms with van der Waals surface area (Å²) in [6.07, 6.45) is 4.30. The number of hydrogen-bond donors (Lipinski definition) is 0. The number of amides is 1. The quantitative estimate of drug-likeness (QED) is 0.624. The number of nitrogens with zero attached hydrogens (tertiary/aromatic N) is 6. The van der Waals surface area contributed by atoms with Gasteiger partial charge in [0, 0.05) is 25.3 Å². The predicted octanol–water partition coefficient (Wildman–Crippen LogP) is 3.10. The van der Waals surface area contributed by atoms with Crippen molar-refractivity contribution in [3.63, 3.8) is 0 Å². The highest BCUT2D eigenvalue weighted by atomic mass is 16.3. The molecule has 3 aromatic heterocycles. The second kappa shape index (κ2) is 8.39. The zero-order valence-corrected chi connectivity index (χ0v) is 18.0. The third-order valence-corrected chi connectivity index (χ3v) is 5.84. The predicted molar refractivity (Wildman–Crippen MR) is 114 cm³/mol. The second-order valence-corrected chi connectivity index (χ2v) is 7.62. The Kier molecular flexibility index (Phi) is 5.67. The Hall–Kier alpha value is -3.00. The van der Waals surface area contributed by atoms with Gasteiger partial charge in [0.15, 0.2) is 5.76 Å². The lowest BCUT2D eigenvalue weighted by Gasteiger charge is -2.26. The van der Waals surface area contributed by atoms with Crippen molar-refractivity contribution in [1.29, 1.82) is 0 Å². The molecule has 1 saturated heterocycles. The minimum atomic E-state index is 0.0196. The fourth-order valence-corrected chi connectivity index (χ4v) is 4.12. The van der Waals surface area contributed by atoms with E-state index in [4.69, 9.17) is 4.42 Å². The molecule has 8 nitrogen and oxygen atoms in total. The van der Waals surface area contributed by atoms with Crippen LogP contribution in [0.15, 0.2) is 35.0 Å². The van der Waals surface area contributed by atoms with E-state index in [1.165, 1.54) is 0 Å². The maximum atomic E-state index is 13.1. The van der Waals surface area contributed by atoms with Gasteiger partial charge in [-0.15, -0.1) is 0 Å². The van der Waals surface area contributed by atoms with E-state index in [0.717, 1.165) is 44.1 Å². The van der Waals surface area contributed by atoms with E-state index in [2.05, 4.69) is 33.8 Å². The topological polar surface area (TPSA) is 80.3 Å². The van der Waals surface area contributed by atoms with Gasteiger partial charge >= 0.3 is 0 Å². The largest absolute Gasteiger partial charge is 0.460 e. The summed E-state index contributed by atoms with van der Waals surface area (Å²) in [6, 6.07) is 6.00. The van der Waals surface area contributed by atoms with Gasteiger partial charge in [-0.1, -0.05) is 13.8 Å². The van der Waals surface area contributed by atoms with Gasteiger partial charge in [-0.2, -0.15) is 5.10 Å². The molecule has 1 atom stereocenters. The van der Waals surface area contributed by atoms with E-state index in [0.29, 0.717) is 29.0 Å². The first-order chi connectivity index (χ1) is 14.5. The molecule has 0 bridgehead atoms. The number of aromatic nitrogens is 4. The zero-order valence-electron chi connectivity index (χ0n) is 18.0. The van der Waals surface area contributed by atoms with Crippen LogP contribution < -0.4 is 0 Å². The van der Waals surface area contributed by atoms with Crippen LogP contribution in [0.25, 0.3) is 17.4 Å². The molecule has 3 aromatic rings. The molecule has 0 aliphatic carbocycles. The van der Waals surface area contributed by atoms with Gasteiger partial charge in [0.1, 0.15) is 11.5 Å². The summed E-state index contributed by atoms with van der Waals surface area (Å²) in [6.45, 7) is 11.6. The summed E-state index contributed by atoms with van der Waals surface area (Å²) in [4.78, 5) is 26.4. The maximum Gasteiger partial charge on any atom is 0.257 e. The molecule has 0 N–H and O–H groups in total. The first-order valence-electron chi connectivity index (χ1n) is 10.5. The third-order valence-electron chi connectivity index (χ3n) is 5.84. The average molecular weight is 409 g/mol. The first kappa shape index (κ1) is 20.3. The monoisotopic (exact) mass is 408 g/mol. The minimum Gasteiger partial charge on any atom is -0.460 e. The Balaban J connectivity index is 1.55. The van der Waals surface area contributed by atoms with Crippen molar-refractivity contribution in [2.45, 2.75) is 40.2 Å². The standard InChI is InChI=1S/C22H28N6O2/c1-5-26(6-2)17-10-12-27(14-17)21(29)18-13-24-28(16(18)4)22-23-11-9-19(25-22)20-8-7-15(3)30-20/h7-9,11,13,17H,5-6,10,12,14H2,1-4H3/t17-/m0/s1. The Morgan fingerprint density at radius 3 is 2.73 bits per heavy atom. The van der Waals surface area contributed by atoms with Crippen molar-refractivity contribution in [3.05, 3.63) is 47.6 Å². The van der Waals surface area contributed by atoms with Crippen molar-refractivity contribution in [2.24, 2.45) is 0 Å². The molecule has 1 aliphatic rings. The van der Waals surface area contributed by atoms with Crippen LogP contribution in [0, 0.1) is 13.8 Å². The Morgan fingerprint density at radius 1 is 1.23 bits per heavy atom. The van der Waals surface area contributed by atoms with Gasteiger partial charge in [-0.05, 0) is 51.6 Å². The van der Waals surface area contributed by atoms with Crippen LogP contribution in [0.2, 0.25) is 0 Å². The number of hydrogen-bond acceptors (Lipinski definition) is 6. The Bertz CT molecular complexity index is 1040. The molecule has 0 radical (unpaired) electrons. The molecule has 4 heterocycles. The number of likely N-dealkylation sites (tertiary alicyclic amines) is 1. The van der Waals surface area contributed by atoms with Crippen LogP contribution in [-0.4, -0.2) is 67.7 Å². The summed E-state index contributed by atoms with van der Waals surface area (Å²) in [5.74, 6) is 1.94. The van der Waals surface area contributed by atoms with E-state index in [1.807, 2.05) is 30.9 Å². The summed E-state index contributed by atoms with van der Waals surface area (Å²) >= 11 is 0. The number of furan rings is 1. The molecule has 30 heavy (non-hydrogen) atoms. The van der Waals surface area contributed by atoms with Crippen LogP contribution in [0.3, 0.4) is 0 Å². The molecule has 0 aromatic carbocycles. The lowest BCUT2D eigenvalue weighted by Crippen LogP contribution is -2.38. The van der Waals surface area contributed by atoms with Crippen LogP contribution in [0.4, 0.5) is 0 Å². The highest BCUT2D eigenvalue weighted by Crippen LogP contribution is 2.22. The third kappa shape index (κ3) is 3.75. The molecular formula is C22H28N6O2. The van der Waals surface area contributed by atoms with E-state index in [9.17, 15) is 4.79 Å². The van der Waals surface area contributed by atoms with Crippen LogP contribution in [0.5, 0.6) is 0 Å². The van der Waals surface area contributed by atoms with Crippen LogP contribution >= 0.6 is 0 Å². The van der Waals surface area contributed by atoms with E-state index < -0.39 is 0 Å². The molecule has 8 heteroatoms. The van der Waals surface area contributed by atoms with E-state index in [1.54, 1.807) is 23.1 Å². The Labute approximate surface area is 176 Å². The van der Waals surface area contributed by atoms with Crippen LogP contribution in [-0.2, 0) is 0 Å². The molecular weight excluding hydrogens is 380 g/mol. The normalized spacial score (nSPS) is 16.6. The zero-order chi connectivity index (χ0) is 21.3. The maximum absolute atomic E-state index is 13.1. The molecule has 4 rings (SSSR count). The van der Waals surface area contributed by atoms with Crippen molar-refractivity contribution in [2.75, 3.05) is 26.2 Å². The average Bonchev–Trinajstić information content (AvgIpc) is 3.49. The SMILES string of the molecule is CCN(CC)[C@H]1CCN(C(=O)c2cnn(-c3nccc(-c4ccc(C)o4)n3)c2C)C1. The molecule has 1 amide bonds. The van der Waals surface area contributed by atoms with Gasteiger partial charge in [0.25, 0.3) is 11.9 Å². The van der Waals surface area contributed by atoms with Crippen LogP contribution in [0.1, 0.15) is 42.1 Å². The van der Waals surface area contributed by atoms with Crippen molar-refractivity contribution in [1.82, 2.24) is 29.5 Å². The fourth-order valence-electron chi connectivity index (χ4n) is 4.12. The fraction of sp³-hybridized carbons (Fsp3) is 0.455. The van der Waals surface area contributed by atoms with Gasteiger partial charge in [-0.3, -0.25) is 9.69 Å². The first-order valence-corrected chi connectivity index (χ1v) is 10.5. The Morgan fingerprint density at radius 2 is 2.03 bits per heavy atom. The van der Waals surface area contributed by atoms with Crippen molar-refractivity contribution < 1.29 is 9.21 Å². The number of aryl methyl sites for hydroxylation is 1. The number of carbonyl (C=O) groups excluding carboxylic acids is 1. The lowest BCUT2D eigenvalue weighted by atomic mass is 10.2. The van der Waals surface area contributed by atoms with Gasteiger partial charge in [0.05, 0.1) is 17.5 Å². The van der Waals surface area contributed by atoms with Gasteiger partial charge < -0.3 is 9.32 Å². The highest BCUT2D eigenvalue weighted by Gasteiger charge is 2.31. The summed E-state index contributed by atoms with van der Waals surface area (Å²) in [7, 11) is 0. The number of likely N-dealkylation sites (N-methyl/N-ethyl adjacent to an activating group) is 1. The smallest absolute Gasteiger partial charge is 0.257 e. The van der Waals surface area contributed by atoms with Crippen molar-refractivity contribution in [3.8, 4) is 17.4 Å². The lowest BCUT2D eigenvalue weighted by molar-refractivity contribution is 0.0777. The van der Waals surface area contributed by atoms with Gasteiger partial charge in [-0.25, -0.2) is 14.6 Å². The molecule has 0 unspecified atom stereocenters. The van der Waals surface area contributed by atoms with E-state index in [-0.39, 0.29) is 5.91 Å². The summed E-state index contributed by atoms with van der Waals surface area (Å²) < 4.78 is 7.28. The van der Waals surface area contributed by atoms with Gasteiger partial charge in [0.2, 0.25) is 0 Å². The molecule has 1 aliphatic heterocycles. The summed E-state index contributed by atoms with van der Waals surface area (Å²) in [5, 5.41) is 4.41. The number of rotatable bonds is 6. The molecule has 0 saturated carbocycles. The minimum absolute atomic E-state index is 0.0196. The van der Waals surface area contributed by atoms with Crippen molar-refractivity contribution >= 4 is 5.91 Å². The van der Waals surface area contributed by atoms with E-state index >= 15 is 0 Å².